The maximum absolute atomic E-state index is 12.8. The molecule has 2 amide bonds. The van der Waals surface area contributed by atoms with Crippen LogP contribution in [0, 0.1) is 0 Å². The maximum atomic E-state index is 12.8. The fraction of sp³-hybridized carbons (Fsp3) is 0.105. The number of carbonyl (C=O) groups excluding carboxylic acids is 2. The lowest BCUT2D eigenvalue weighted by atomic mass is 10.2. The molecule has 0 spiro atoms. The van der Waals surface area contributed by atoms with E-state index in [2.05, 4.69) is 5.32 Å². The van der Waals surface area contributed by atoms with Crippen LogP contribution in [0.25, 0.3) is 6.08 Å². The minimum Gasteiger partial charge on any atom is -0.496 e. The zero-order valence-corrected chi connectivity index (χ0v) is 15.8. The molecule has 0 bridgehead atoms. The lowest BCUT2D eigenvalue weighted by molar-refractivity contribution is -0.114. The second-order valence-corrected chi connectivity index (χ2v) is 7.16. The molecule has 1 saturated heterocycles. The van der Waals surface area contributed by atoms with E-state index in [1.807, 2.05) is 24.3 Å². The smallest absolute Gasteiger partial charge is 0.270 e. The van der Waals surface area contributed by atoms with Crippen LogP contribution < -0.4 is 15.0 Å². The van der Waals surface area contributed by atoms with Gasteiger partial charge < -0.3 is 10.1 Å². The summed E-state index contributed by atoms with van der Waals surface area (Å²) in [7, 11) is 1.59. The Balaban J connectivity index is 1.87. The van der Waals surface area contributed by atoms with E-state index in [0.29, 0.717) is 26.3 Å². The summed E-state index contributed by atoms with van der Waals surface area (Å²) in [5.74, 6) is 0.360. The average molecular weight is 384 g/mol. The highest BCUT2D eigenvalue weighted by Gasteiger charge is 2.33. The highest BCUT2D eigenvalue weighted by Crippen LogP contribution is 2.37. The summed E-state index contributed by atoms with van der Waals surface area (Å²) in [6.45, 7) is 1.44. The molecule has 0 saturated carbocycles. The lowest BCUT2D eigenvalue weighted by Gasteiger charge is -2.15. The van der Waals surface area contributed by atoms with Gasteiger partial charge in [0.1, 0.15) is 5.75 Å². The second kappa shape index (κ2) is 7.72. The molecule has 1 heterocycles. The fourth-order valence-corrected chi connectivity index (χ4v) is 3.80. The Morgan fingerprint density at radius 2 is 1.88 bits per heavy atom. The molecule has 0 atom stereocenters. The predicted octanol–water partition coefficient (Wildman–Crippen LogP) is 4.06. The molecule has 2 aromatic rings. The molecule has 0 aliphatic carbocycles. The van der Waals surface area contributed by atoms with Gasteiger partial charge in [-0.1, -0.05) is 42.2 Å². The van der Waals surface area contributed by atoms with E-state index in [-0.39, 0.29) is 11.8 Å². The van der Waals surface area contributed by atoms with Crippen LogP contribution in [0.2, 0.25) is 0 Å². The van der Waals surface area contributed by atoms with E-state index in [9.17, 15) is 9.59 Å². The van der Waals surface area contributed by atoms with Crippen LogP contribution in [-0.2, 0) is 9.59 Å². The molecule has 0 aromatic heterocycles. The van der Waals surface area contributed by atoms with Gasteiger partial charge >= 0.3 is 0 Å². The fourth-order valence-electron chi connectivity index (χ4n) is 2.51. The highest BCUT2D eigenvalue weighted by molar-refractivity contribution is 8.27. The summed E-state index contributed by atoms with van der Waals surface area (Å²) in [6, 6.07) is 14.5. The molecule has 1 N–H and O–H groups in total. The van der Waals surface area contributed by atoms with Crippen molar-refractivity contribution in [2.45, 2.75) is 6.92 Å². The third-order valence-corrected chi connectivity index (χ3v) is 4.97. The number of rotatable bonds is 4. The van der Waals surface area contributed by atoms with Crippen LogP contribution in [-0.4, -0.2) is 23.2 Å². The number of nitrogens with one attached hydrogen (secondary N) is 1. The Bertz CT molecular complexity index is 907. The number of hydrogen-bond acceptors (Lipinski definition) is 5. The third kappa shape index (κ3) is 3.79. The van der Waals surface area contributed by atoms with Crippen LogP contribution in [0.3, 0.4) is 0 Å². The second-order valence-electron chi connectivity index (χ2n) is 5.49. The van der Waals surface area contributed by atoms with Gasteiger partial charge in [0.05, 0.1) is 17.7 Å². The van der Waals surface area contributed by atoms with Crippen LogP contribution in [0.15, 0.2) is 53.4 Å². The molecular weight excluding hydrogens is 368 g/mol. The van der Waals surface area contributed by atoms with Crippen LogP contribution >= 0.6 is 24.0 Å². The summed E-state index contributed by atoms with van der Waals surface area (Å²) in [5, 5.41) is 2.69. The lowest BCUT2D eigenvalue weighted by Crippen LogP contribution is -2.27. The number of carbonyl (C=O) groups is 2. The minimum atomic E-state index is -0.182. The topological polar surface area (TPSA) is 58.6 Å². The van der Waals surface area contributed by atoms with Crippen molar-refractivity contribution < 1.29 is 14.3 Å². The average Bonchev–Trinajstić information content (AvgIpc) is 2.89. The normalized spacial score (nSPS) is 15.5. The molecular formula is C19H16N2O3S2. The summed E-state index contributed by atoms with van der Waals surface area (Å²) < 4.78 is 5.79. The molecule has 2 aromatic carbocycles. The molecule has 3 rings (SSSR count). The zero-order chi connectivity index (χ0) is 18.7. The number of nitrogens with zero attached hydrogens (tertiary/aromatic N) is 1. The van der Waals surface area contributed by atoms with Gasteiger partial charge in [0.2, 0.25) is 5.91 Å². The number of benzene rings is 2. The van der Waals surface area contributed by atoms with Gasteiger partial charge in [0, 0.05) is 18.2 Å². The van der Waals surface area contributed by atoms with Crippen LogP contribution in [0.1, 0.15) is 12.5 Å². The summed E-state index contributed by atoms with van der Waals surface area (Å²) >= 11 is 6.63. The quantitative estimate of drug-likeness (QED) is 0.636. The van der Waals surface area contributed by atoms with Crippen molar-refractivity contribution in [2.75, 3.05) is 17.3 Å². The van der Waals surface area contributed by atoms with Crippen molar-refractivity contribution >= 4 is 57.6 Å². The molecule has 132 valence electrons. The van der Waals surface area contributed by atoms with E-state index in [1.165, 1.54) is 23.6 Å². The standard InChI is InChI=1S/C19H16N2O3S2/c1-12(22)20-14-7-9-15(10-8-14)21-18(23)17(26-19(21)25)11-13-5-3-4-6-16(13)24-2/h3-11H,1-2H3,(H,20,22)/b17-11+. The highest BCUT2D eigenvalue weighted by atomic mass is 32.2. The van der Waals surface area contributed by atoms with E-state index >= 15 is 0 Å². The van der Waals surface area contributed by atoms with Crippen molar-refractivity contribution in [1.82, 2.24) is 0 Å². The van der Waals surface area contributed by atoms with Crippen LogP contribution in [0.4, 0.5) is 11.4 Å². The van der Waals surface area contributed by atoms with Gasteiger partial charge in [-0.25, -0.2) is 0 Å². The first-order valence-electron chi connectivity index (χ1n) is 7.78. The molecule has 26 heavy (non-hydrogen) atoms. The van der Waals surface area contributed by atoms with Crippen molar-refractivity contribution in [3.63, 3.8) is 0 Å². The number of methoxy groups -OCH3 is 1. The number of para-hydroxylation sites is 1. The Morgan fingerprint density at radius 3 is 2.54 bits per heavy atom. The number of hydrogen-bond donors (Lipinski definition) is 1. The van der Waals surface area contributed by atoms with Gasteiger partial charge in [0.15, 0.2) is 4.32 Å². The first-order chi connectivity index (χ1) is 12.5. The number of ether oxygens (including phenoxy) is 1. The summed E-state index contributed by atoms with van der Waals surface area (Å²) in [5.41, 5.74) is 2.14. The van der Waals surface area contributed by atoms with Gasteiger partial charge in [-0.15, -0.1) is 0 Å². The Kier molecular flexibility index (Phi) is 5.39. The van der Waals surface area contributed by atoms with Crippen molar-refractivity contribution in [1.29, 1.82) is 0 Å². The van der Waals surface area contributed by atoms with Gasteiger partial charge in [0.25, 0.3) is 5.91 Å². The number of thiocarbonyl (C=S) groups is 1. The SMILES string of the molecule is COc1ccccc1/C=C1/SC(=S)N(c2ccc(NC(C)=O)cc2)C1=O. The summed E-state index contributed by atoms with van der Waals surface area (Å²) in [4.78, 5) is 25.9. The number of amides is 2. The van der Waals surface area contributed by atoms with E-state index in [4.69, 9.17) is 17.0 Å². The van der Waals surface area contributed by atoms with E-state index in [0.717, 1.165) is 5.56 Å². The molecule has 1 aliphatic heterocycles. The van der Waals surface area contributed by atoms with Gasteiger partial charge in [-0.2, -0.15) is 0 Å². The molecule has 1 fully saturated rings. The van der Waals surface area contributed by atoms with Crippen molar-refractivity contribution in [2.24, 2.45) is 0 Å². The Morgan fingerprint density at radius 1 is 1.19 bits per heavy atom. The number of anilines is 2. The number of thioether (sulfide) groups is 1. The minimum absolute atomic E-state index is 0.150. The maximum Gasteiger partial charge on any atom is 0.270 e. The summed E-state index contributed by atoms with van der Waals surface area (Å²) in [6.07, 6.45) is 1.78. The van der Waals surface area contributed by atoms with Crippen molar-refractivity contribution in [3.05, 3.63) is 59.0 Å². The zero-order valence-electron chi connectivity index (χ0n) is 14.2. The third-order valence-electron chi connectivity index (χ3n) is 3.67. The largest absolute Gasteiger partial charge is 0.496 e. The Hall–Kier alpha value is -2.64. The molecule has 7 heteroatoms. The predicted molar refractivity (Wildman–Crippen MR) is 109 cm³/mol. The molecule has 0 radical (unpaired) electrons. The van der Waals surface area contributed by atoms with Crippen molar-refractivity contribution in [3.8, 4) is 5.75 Å². The Labute approximate surface area is 161 Å². The van der Waals surface area contributed by atoms with Gasteiger partial charge in [-0.05, 0) is 36.4 Å². The van der Waals surface area contributed by atoms with E-state index < -0.39 is 0 Å². The van der Waals surface area contributed by atoms with Gasteiger partial charge in [-0.3, -0.25) is 14.5 Å². The first-order valence-corrected chi connectivity index (χ1v) is 9.00. The monoisotopic (exact) mass is 384 g/mol. The van der Waals surface area contributed by atoms with Crippen LogP contribution in [0.5, 0.6) is 5.75 Å². The first kappa shape index (κ1) is 18.2. The molecule has 0 unspecified atom stereocenters. The van der Waals surface area contributed by atoms with E-state index in [1.54, 1.807) is 37.5 Å². The molecule has 5 nitrogen and oxygen atoms in total. The molecule has 1 aliphatic rings.